The van der Waals surface area contributed by atoms with E-state index in [1.54, 1.807) is 18.5 Å². The second kappa shape index (κ2) is 7.12. The Hall–Kier alpha value is -3.14. The minimum Gasteiger partial charge on any atom is -0.493 e. The van der Waals surface area contributed by atoms with Gasteiger partial charge in [-0.2, -0.15) is 0 Å². The van der Waals surface area contributed by atoms with Gasteiger partial charge in [0.1, 0.15) is 5.75 Å². The summed E-state index contributed by atoms with van der Waals surface area (Å²) in [5.41, 5.74) is 4.07. The number of nitrogens with zero attached hydrogens (tertiary/aromatic N) is 1. The van der Waals surface area contributed by atoms with E-state index >= 15 is 0 Å². The Morgan fingerprint density at radius 3 is 2.86 bits per heavy atom. The lowest BCUT2D eigenvalue weighted by atomic mass is 9.85. The van der Waals surface area contributed by atoms with Gasteiger partial charge in [-0.1, -0.05) is 45.0 Å². The van der Waals surface area contributed by atoms with Gasteiger partial charge in [-0.25, -0.2) is 0 Å². The Balaban J connectivity index is 1.62. The van der Waals surface area contributed by atoms with E-state index in [1.165, 1.54) is 5.56 Å². The summed E-state index contributed by atoms with van der Waals surface area (Å²) in [5, 5.41) is 4.99. The first-order valence-electron chi connectivity index (χ1n) is 9.54. The van der Waals surface area contributed by atoms with Crippen LogP contribution in [0.25, 0.3) is 16.3 Å². The Labute approximate surface area is 165 Å². The summed E-state index contributed by atoms with van der Waals surface area (Å²) in [4.78, 5) is 16.9. The topological polar surface area (TPSA) is 51.2 Å². The van der Waals surface area contributed by atoms with Crippen LogP contribution >= 0.6 is 0 Å². The second-order valence-corrected chi connectivity index (χ2v) is 8.12. The van der Waals surface area contributed by atoms with Gasteiger partial charge in [0, 0.05) is 46.9 Å². The van der Waals surface area contributed by atoms with Crippen LogP contribution < -0.4 is 10.1 Å². The van der Waals surface area contributed by atoms with Gasteiger partial charge >= 0.3 is 0 Å². The fourth-order valence-corrected chi connectivity index (χ4v) is 3.49. The van der Waals surface area contributed by atoms with Crippen molar-refractivity contribution in [3.63, 3.8) is 0 Å². The lowest BCUT2D eigenvalue weighted by Crippen LogP contribution is -2.15. The molecule has 28 heavy (non-hydrogen) atoms. The third-order valence-electron chi connectivity index (χ3n) is 5.07. The fourth-order valence-electron chi connectivity index (χ4n) is 3.49. The van der Waals surface area contributed by atoms with E-state index < -0.39 is 0 Å². The Morgan fingerprint density at radius 2 is 2.04 bits per heavy atom. The first-order chi connectivity index (χ1) is 13.4. The molecule has 4 nitrogen and oxygen atoms in total. The molecule has 0 atom stereocenters. The number of rotatable bonds is 2. The van der Waals surface area contributed by atoms with Crippen LogP contribution in [0.5, 0.6) is 5.75 Å². The van der Waals surface area contributed by atoms with Crippen molar-refractivity contribution in [3.8, 4) is 5.75 Å². The molecule has 0 fully saturated rings. The molecule has 1 aliphatic rings. The molecule has 1 N–H and O–H groups in total. The second-order valence-electron chi connectivity index (χ2n) is 8.12. The molecule has 0 unspecified atom stereocenters. The highest BCUT2D eigenvalue weighted by Gasteiger charge is 2.21. The van der Waals surface area contributed by atoms with Crippen LogP contribution in [0.4, 0.5) is 5.69 Å². The zero-order valence-corrected chi connectivity index (χ0v) is 16.5. The third-order valence-corrected chi connectivity index (χ3v) is 5.07. The molecule has 3 aromatic rings. The number of hydrogen-bond acceptors (Lipinski definition) is 3. The van der Waals surface area contributed by atoms with E-state index in [9.17, 15) is 4.79 Å². The van der Waals surface area contributed by atoms with Gasteiger partial charge in [-0.3, -0.25) is 9.78 Å². The molecule has 2 aromatic carbocycles. The molecule has 0 spiro atoms. The predicted molar refractivity (Wildman–Crippen MR) is 114 cm³/mol. The van der Waals surface area contributed by atoms with Gasteiger partial charge in [0.2, 0.25) is 5.91 Å². The van der Waals surface area contributed by atoms with Gasteiger partial charge < -0.3 is 10.1 Å². The Morgan fingerprint density at radius 1 is 1.18 bits per heavy atom. The Bertz CT molecular complexity index is 1070. The van der Waals surface area contributed by atoms with E-state index in [4.69, 9.17) is 4.74 Å². The van der Waals surface area contributed by atoms with Crippen molar-refractivity contribution in [3.05, 3.63) is 72.1 Å². The number of anilines is 1. The van der Waals surface area contributed by atoms with Gasteiger partial charge in [0.15, 0.2) is 0 Å². The molecule has 0 saturated carbocycles. The van der Waals surface area contributed by atoms with Crippen LogP contribution in [0.2, 0.25) is 0 Å². The quantitative estimate of drug-likeness (QED) is 0.618. The van der Waals surface area contributed by atoms with E-state index in [1.807, 2.05) is 24.3 Å². The van der Waals surface area contributed by atoms with Crippen molar-refractivity contribution in [2.24, 2.45) is 0 Å². The maximum Gasteiger partial charge on any atom is 0.248 e. The highest BCUT2D eigenvalue weighted by Crippen LogP contribution is 2.36. The molecule has 0 saturated heterocycles. The minimum atomic E-state index is -0.132. The van der Waals surface area contributed by atoms with Crippen molar-refractivity contribution < 1.29 is 9.53 Å². The van der Waals surface area contributed by atoms with Crippen molar-refractivity contribution >= 4 is 27.9 Å². The summed E-state index contributed by atoms with van der Waals surface area (Å²) in [5.74, 6) is 0.723. The monoisotopic (exact) mass is 372 g/mol. The molecule has 0 bridgehead atoms. The molecule has 0 radical (unpaired) electrons. The summed E-state index contributed by atoms with van der Waals surface area (Å²) in [6.45, 7) is 7.13. The molecule has 1 aliphatic heterocycles. The van der Waals surface area contributed by atoms with Crippen LogP contribution in [0.3, 0.4) is 0 Å². The molecule has 1 amide bonds. The Kier molecular flexibility index (Phi) is 4.63. The molecule has 4 rings (SSSR count). The maximum atomic E-state index is 12.7. The van der Waals surface area contributed by atoms with Gasteiger partial charge in [-0.15, -0.1) is 0 Å². The van der Waals surface area contributed by atoms with Gasteiger partial charge in [0.05, 0.1) is 6.61 Å². The molecule has 4 heteroatoms. The number of amides is 1. The largest absolute Gasteiger partial charge is 0.493 e. The number of nitrogens with one attached hydrogen (secondary N) is 1. The fraction of sp³-hybridized carbons (Fsp3) is 0.250. The zero-order chi connectivity index (χ0) is 19.7. The average molecular weight is 372 g/mol. The number of carbonyl (C=O) groups excluding carboxylic acids is 1. The maximum absolute atomic E-state index is 12.7. The number of ether oxygens (including phenoxy) is 1. The number of fused-ring (bicyclic) bond motifs is 2. The standard InChI is InChI=1S/C24H24N2O2/c1-24(2,3)18-7-8-20-16(10-12-28-22(20)14-18)13-23(27)26-21-6-4-5-17-15-25-11-9-19(17)21/h4-9,11,13-15H,10,12H2,1-3H3,(H,26,27). The predicted octanol–water partition coefficient (Wildman–Crippen LogP) is 5.34. The summed E-state index contributed by atoms with van der Waals surface area (Å²) >= 11 is 0. The lowest BCUT2D eigenvalue weighted by Gasteiger charge is -2.25. The van der Waals surface area contributed by atoms with Crippen LogP contribution in [0, 0.1) is 0 Å². The molecular weight excluding hydrogens is 348 g/mol. The third kappa shape index (κ3) is 3.63. The number of pyridine rings is 1. The van der Waals surface area contributed by atoms with Crippen molar-refractivity contribution in [2.75, 3.05) is 11.9 Å². The first kappa shape index (κ1) is 18.2. The minimum absolute atomic E-state index is 0.0559. The van der Waals surface area contributed by atoms with Crippen molar-refractivity contribution in [1.82, 2.24) is 4.98 Å². The van der Waals surface area contributed by atoms with Crippen LogP contribution in [0.1, 0.15) is 38.3 Å². The van der Waals surface area contributed by atoms with E-state index in [0.29, 0.717) is 6.61 Å². The van der Waals surface area contributed by atoms with Crippen LogP contribution in [-0.2, 0) is 10.2 Å². The summed E-state index contributed by atoms with van der Waals surface area (Å²) in [6, 6.07) is 14.0. The van der Waals surface area contributed by atoms with Crippen molar-refractivity contribution in [1.29, 1.82) is 0 Å². The smallest absolute Gasteiger partial charge is 0.248 e. The summed E-state index contributed by atoms with van der Waals surface area (Å²) in [6.07, 6.45) is 5.94. The molecule has 0 aliphatic carbocycles. The number of carbonyl (C=O) groups is 1. The van der Waals surface area contributed by atoms with E-state index in [0.717, 1.165) is 39.8 Å². The summed E-state index contributed by atoms with van der Waals surface area (Å²) < 4.78 is 5.87. The van der Waals surface area contributed by atoms with E-state index in [-0.39, 0.29) is 11.3 Å². The highest BCUT2D eigenvalue weighted by atomic mass is 16.5. The highest BCUT2D eigenvalue weighted by molar-refractivity contribution is 6.08. The molecule has 2 heterocycles. The average Bonchev–Trinajstić information content (AvgIpc) is 2.67. The van der Waals surface area contributed by atoms with Crippen molar-refractivity contribution in [2.45, 2.75) is 32.6 Å². The molecule has 1 aromatic heterocycles. The lowest BCUT2D eigenvalue weighted by molar-refractivity contribution is -0.111. The van der Waals surface area contributed by atoms with Crippen LogP contribution in [-0.4, -0.2) is 17.5 Å². The molecule has 142 valence electrons. The van der Waals surface area contributed by atoms with Crippen LogP contribution in [0.15, 0.2) is 60.9 Å². The van der Waals surface area contributed by atoms with Gasteiger partial charge in [0.25, 0.3) is 0 Å². The summed E-state index contributed by atoms with van der Waals surface area (Å²) in [7, 11) is 0. The van der Waals surface area contributed by atoms with Gasteiger partial charge in [-0.05, 0) is 34.8 Å². The number of benzene rings is 2. The van der Waals surface area contributed by atoms with E-state index in [2.05, 4.69) is 49.3 Å². The SMILES string of the molecule is CC(C)(C)c1ccc2c(c1)OCCC2=CC(=O)Nc1cccc2cnccc12. The first-order valence-corrected chi connectivity index (χ1v) is 9.54. The molecular formula is C24H24N2O2. The number of aromatic nitrogens is 1. The normalized spacial score (nSPS) is 15.2. The zero-order valence-electron chi connectivity index (χ0n) is 16.5. The number of hydrogen-bond donors (Lipinski definition) is 1.